The molecule has 0 atom stereocenters. The molecule has 0 spiro atoms. The highest BCUT2D eigenvalue weighted by molar-refractivity contribution is 6.33. The van der Waals surface area contributed by atoms with Crippen LogP contribution in [0.25, 0.3) is 0 Å². The predicted molar refractivity (Wildman–Crippen MR) is 63.6 cm³/mol. The number of rotatable bonds is 1. The van der Waals surface area contributed by atoms with E-state index in [4.69, 9.17) is 11.6 Å². The fourth-order valence-electron chi connectivity index (χ4n) is 1.98. The number of amides is 1. The van der Waals surface area contributed by atoms with Crippen molar-refractivity contribution in [2.75, 3.05) is 13.1 Å². The van der Waals surface area contributed by atoms with Crippen molar-refractivity contribution in [1.29, 1.82) is 0 Å². The van der Waals surface area contributed by atoms with Crippen LogP contribution >= 0.6 is 11.6 Å². The molecule has 1 aliphatic heterocycles. The van der Waals surface area contributed by atoms with Crippen LogP contribution in [-0.4, -0.2) is 28.9 Å². The normalized spacial score (nSPS) is 16.9. The molecule has 1 fully saturated rings. The molecule has 3 nitrogen and oxygen atoms in total. The number of carbonyl (C=O) groups is 1. The average Bonchev–Trinajstić information content (AvgIpc) is 2.57. The predicted octanol–water partition coefficient (Wildman–Crippen LogP) is 2.75. The summed E-state index contributed by atoms with van der Waals surface area (Å²) in [6.45, 7) is 1.67. The molecular formula is C12H15ClN2O. The highest BCUT2D eigenvalue weighted by atomic mass is 35.5. The molecule has 16 heavy (non-hydrogen) atoms. The Morgan fingerprint density at radius 2 is 1.94 bits per heavy atom. The summed E-state index contributed by atoms with van der Waals surface area (Å²) in [5.74, 6) is 0.0139. The molecular weight excluding hydrogens is 224 g/mol. The second-order valence-corrected chi connectivity index (χ2v) is 4.47. The van der Waals surface area contributed by atoms with Gasteiger partial charge in [-0.2, -0.15) is 0 Å². The van der Waals surface area contributed by atoms with Crippen LogP contribution in [0, 0.1) is 0 Å². The first kappa shape index (κ1) is 11.4. The monoisotopic (exact) mass is 238 g/mol. The maximum Gasteiger partial charge on any atom is 0.256 e. The molecule has 86 valence electrons. The Kier molecular flexibility index (Phi) is 3.78. The van der Waals surface area contributed by atoms with Crippen molar-refractivity contribution in [3.05, 3.63) is 29.0 Å². The van der Waals surface area contributed by atoms with Crippen molar-refractivity contribution >= 4 is 17.5 Å². The molecule has 1 saturated heterocycles. The molecule has 1 aromatic rings. The SMILES string of the molecule is O=C(c1cnccc1Cl)N1CCCCCC1. The van der Waals surface area contributed by atoms with Gasteiger partial charge in [-0.15, -0.1) is 0 Å². The Labute approximate surface area is 100 Å². The summed E-state index contributed by atoms with van der Waals surface area (Å²) in [6, 6.07) is 1.66. The van der Waals surface area contributed by atoms with Gasteiger partial charge < -0.3 is 4.90 Å². The molecule has 1 aromatic heterocycles. The van der Waals surface area contributed by atoms with E-state index in [1.165, 1.54) is 12.8 Å². The fraction of sp³-hybridized carbons (Fsp3) is 0.500. The van der Waals surface area contributed by atoms with Crippen molar-refractivity contribution < 1.29 is 4.79 Å². The lowest BCUT2D eigenvalue weighted by Crippen LogP contribution is -2.32. The van der Waals surface area contributed by atoms with Gasteiger partial charge in [-0.25, -0.2) is 0 Å². The average molecular weight is 239 g/mol. The van der Waals surface area contributed by atoms with E-state index in [2.05, 4.69) is 4.98 Å². The number of hydrogen-bond donors (Lipinski definition) is 0. The van der Waals surface area contributed by atoms with Crippen LogP contribution in [0.2, 0.25) is 5.02 Å². The maximum atomic E-state index is 12.2. The van der Waals surface area contributed by atoms with E-state index in [0.29, 0.717) is 10.6 Å². The van der Waals surface area contributed by atoms with Gasteiger partial charge in [0.25, 0.3) is 5.91 Å². The lowest BCUT2D eigenvalue weighted by Gasteiger charge is -2.20. The zero-order valence-electron chi connectivity index (χ0n) is 9.16. The quantitative estimate of drug-likeness (QED) is 0.754. The second kappa shape index (κ2) is 5.30. The molecule has 1 aliphatic rings. The zero-order chi connectivity index (χ0) is 11.4. The highest BCUT2D eigenvalue weighted by Gasteiger charge is 2.19. The molecule has 0 N–H and O–H groups in total. The van der Waals surface area contributed by atoms with Crippen molar-refractivity contribution in [2.45, 2.75) is 25.7 Å². The molecule has 2 heterocycles. The Morgan fingerprint density at radius 3 is 2.56 bits per heavy atom. The molecule has 0 aliphatic carbocycles. The highest BCUT2D eigenvalue weighted by Crippen LogP contribution is 2.18. The van der Waals surface area contributed by atoms with Crippen LogP contribution in [0.1, 0.15) is 36.0 Å². The third kappa shape index (κ3) is 2.53. The fourth-order valence-corrected chi connectivity index (χ4v) is 2.16. The first-order valence-electron chi connectivity index (χ1n) is 5.68. The second-order valence-electron chi connectivity index (χ2n) is 4.06. The summed E-state index contributed by atoms with van der Waals surface area (Å²) in [6.07, 6.45) is 7.75. The van der Waals surface area contributed by atoms with Crippen molar-refractivity contribution in [1.82, 2.24) is 9.88 Å². The van der Waals surface area contributed by atoms with Gasteiger partial charge in [0.15, 0.2) is 0 Å². The smallest absolute Gasteiger partial charge is 0.256 e. The summed E-state index contributed by atoms with van der Waals surface area (Å²) in [5.41, 5.74) is 0.520. The molecule has 0 radical (unpaired) electrons. The molecule has 4 heteroatoms. The third-order valence-electron chi connectivity index (χ3n) is 2.89. The standard InChI is InChI=1S/C12H15ClN2O/c13-11-5-6-14-9-10(11)12(16)15-7-3-1-2-4-8-15/h5-6,9H,1-4,7-8H2. The van der Waals surface area contributed by atoms with E-state index < -0.39 is 0 Å². The summed E-state index contributed by atoms with van der Waals surface area (Å²) in [4.78, 5) is 18.0. The van der Waals surface area contributed by atoms with E-state index in [1.54, 1.807) is 18.5 Å². The third-order valence-corrected chi connectivity index (χ3v) is 3.22. The van der Waals surface area contributed by atoms with Gasteiger partial charge in [0.05, 0.1) is 10.6 Å². The number of hydrogen-bond acceptors (Lipinski definition) is 2. The van der Waals surface area contributed by atoms with Crippen LogP contribution in [0.4, 0.5) is 0 Å². The van der Waals surface area contributed by atoms with Gasteiger partial charge in [-0.1, -0.05) is 24.4 Å². The summed E-state index contributed by atoms with van der Waals surface area (Å²) < 4.78 is 0. The largest absolute Gasteiger partial charge is 0.339 e. The Bertz CT molecular complexity index is 373. The van der Waals surface area contributed by atoms with Crippen LogP contribution in [0.15, 0.2) is 18.5 Å². The minimum atomic E-state index is 0.0139. The molecule has 1 amide bonds. The molecule has 0 unspecified atom stereocenters. The number of pyridine rings is 1. The zero-order valence-corrected chi connectivity index (χ0v) is 9.91. The lowest BCUT2D eigenvalue weighted by atomic mass is 10.2. The summed E-state index contributed by atoms with van der Waals surface area (Å²) >= 11 is 5.99. The van der Waals surface area contributed by atoms with Crippen LogP contribution in [0.3, 0.4) is 0 Å². The van der Waals surface area contributed by atoms with Gasteiger partial charge >= 0.3 is 0 Å². The molecule has 0 aromatic carbocycles. The molecule has 0 saturated carbocycles. The van der Waals surface area contributed by atoms with Gasteiger partial charge in [0.2, 0.25) is 0 Å². The lowest BCUT2D eigenvalue weighted by molar-refractivity contribution is 0.0761. The number of nitrogens with zero attached hydrogens (tertiary/aromatic N) is 2. The Balaban J connectivity index is 2.14. The van der Waals surface area contributed by atoms with Crippen molar-refractivity contribution in [3.8, 4) is 0 Å². The molecule has 0 bridgehead atoms. The topological polar surface area (TPSA) is 33.2 Å². The number of likely N-dealkylation sites (tertiary alicyclic amines) is 1. The van der Waals surface area contributed by atoms with Gasteiger partial charge in [-0.3, -0.25) is 9.78 Å². The van der Waals surface area contributed by atoms with Crippen molar-refractivity contribution in [3.63, 3.8) is 0 Å². The van der Waals surface area contributed by atoms with E-state index >= 15 is 0 Å². The van der Waals surface area contributed by atoms with Gasteiger partial charge in [-0.05, 0) is 18.9 Å². The van der Waals surface area contributed by atoms with E-state index in [-0.39, 0.29) is 5.91 Å². The molecule has 2 rings (SSSR count). The maximum absolute atomic E-state index is 12.2. The summed E-state index contributed by atoms with van der Waals surface area (Å²) in [5, 5.41) is 0.490. The van der Waals surface area contributed by atoms with Gasteiger partial charge in [0.1, 0.15) is 0 Å². The van der Waals surface area contributed by atoms with Crippen LogP contribution in [0.5, 0.6) is 0 Å². The summed E-state index contributed by atoms with van der Waals surface area (Å²) in [7, 11) is 0. The Hall–Kier alpha value is -1.09. The van der Waals surface area contributed by atoms with Crippen LogP contribution in [-0.2, 0) is 0 Å². The number of halogens is 1. The number of aromatic nitrogens is 1. The van der Waals surface area contributed by atoms with Gasteiger partial charge in [0, 0.05) is 25.5 Å². The first-order chi connectivity index (χ1) is 7.79. The van der Waals surface area contributed by atoms with E-state index in [9.17, 15) is 4.79 Å². The van der Waals surface area contributed by atoms with E-state index in [1.807, 2.05) is 4.90 Å². The first-order valence-corrected chi connectivity index (χ1v) is 6.05. The van der Waals surface area contributed by atoms with E-state index in [0.717, 1.165) is 25.9 Å². The number of carbonyl (C=O) groups excluding carboxylic acids is 1. The Morgan fingerprint density at radius 1 is 1.25 bits per heavy atom. The van der Waals surface area contributed by atoms with Crippen LogP contribution < -0.4 is 0 Å². The van der Waals surface area contributed by atoms with Crippen molar-refractivity contribution in [2.24, 2.45) is 0 Å². The minimum Gasteiger partial charge on any atom is -0.339 e. The minimum absolute atomic E-state index is 0.0139.